The maximum Gasteiger partial charge on any atom is 0.335 e. The molecule has 2 aromatic carbocycles. The normalized spacial score (nSPS) is 10.3. The summed E-state index contributed by atoms with van der Waals surface area (Å²) in [5.74, 6) is -1.33. The molecule has 0 atom stereocenters. The average Bonchev–Trinajstić information content (AvgIpc) is 3.09. The zero-order valence-corrected chi connectivity index (χ0v) is 12.6. The van der Waals surface area contributed by atoms with Crippen LogP contribution in [0, 0.1) is 0 Å². The molecule has 0 aliphatic rings. The molecule has 24 heavy (non-hydrogen) atoms. The van der Waals surface area contributed by atoms with Crippen molar-refractivity contribution in [2.45, 2.75) is 6.54 Å². The van der Waals surface area contributed by atoms with Gasteiger partial charge in [0.25, 0.3) is 5.91 Å². The molecule has 1 aromatic heterocycles. The number of benzene rings is 2. The Labute approximate surface area is 137 Å². The highest BCUT2D eigenvalue weighted by Gasteiger charge is 2.09. The minimum Gasteiger partial charge on any atom is -0.478 e. The predicted molar refractivity (Wildman–Crippen MR) is 85.9 cm³/mol. The molecule has 2 N–H and O–H groups in total. The van der Waals surface area contributed by atoms with Crippen molar-refractivity contribution in [1.82, 2.24) is 20.3 Å². The first-order chi connectivity index (χ1) is 11.6. The van der Waals surface area contributed by atoms with Gasteiger partial charge in [0, 0.05) is 5.56 Å². The van der Waals surface area contributed by atoms with Gasteiger partial charge in [0.2, 0.25) is 0 Å². The van der Waals surface area contributed by atoms with Crippen molar-refractivity contribution < 1.29 is 14.7 Å². The number of rotatable bonds is 5. The van der Waals surface area contributed by atoms with Crippen LogP contribution in [0.15, 0.2) is 60.8 Å². The summed E-state index contributed by atoms with van der Waals surface area (Å²) < 4.78 is 0. The van der Waals surface area contributed by atoms with Crippen LogP contribution in [0.5, 0.6) is 0 Å². The molecule has 0 aliphatic heterocycles. The standard InChI is InChI=1S/C17H14N4O3/c22-16(12-6-8-13(9-7-12)17(23)24)18-10-14-11-19-21(20-14)15-4-2-1-3-5-15/h1-9,11H,10H2,(H,18,22)(H,23,24). The highest BCUT2D eigenvalue weighted by molar-refractivity contribution is 5.95. The first-order valence-electron chi connectivity index (χ1n) is 7.22. The van der Waals surface area contributed by atoms with Gasteiger partial charge in [0.1, 0.15) is 5.69 Å². The fourth-order valence-electron chi connectivity index (χ4n) is 2.10. The molecule has 0 saturated heterocycles. The van der Waals surface area contributed by atoms with E-state index in [1.807, 2.05) is 30.3 Å². The van der Waals surface area contributed by atoms with Gasteiger partial charge in [-0.3, -0.25) is 4.79 Å². The van der Waals surface area contributed by atoms with Crippen LogP contribution in [0.3, 0.4) is 0 Å². The van der Waals surface area contributed by atoms with Gasteiger partial charge in [0.05, 0.1) is 24.0 Å². The van der Waals surface area contributed by atoms with Gasteiger partial charge in [-0.05, 0) is 36.4 Å². The molecule has 0 spiro atoms. The maximum absolute atomic E-state index is 12.1. The lowest BCUT2D eigenvalue weighted by atomic mass is 10.1. The van der Waals surface area contributed by atoms with E-state index in [1.165, 1.54) is 29.1 Å². The summed E-state index contributed by atoms with van der Waals surface area (Å²) in [7, 11) is 0. The Bertz CT molecular complexity index is 857. The number of carboxylic acid groups (broad SMARTS) is 1. The second kappa shape index (κ2) is 6.74. The Morgan fingerprint density at radius 2 is 1.67 bits per heavy atom. The van der Waals surface area contributed by atoms with E-state index in [-0.39, 0.29) is 18.0 Å². The van der Waals surface area contributed by atoms with Gasteiger partial charge >= 0.3 is 5.97 Å². The van der Waals surface area contributed by atoms with Crippen molar-refractivity contribution in [2.24, 2.45) is 0 Å². The van der Waals surface area contributed by atoms with E-state index < -0.39 is 5.97 Å². The largest absolute Gasteiger partial charge is 0.478 e. The number of nitrogens with zero attached hydrogens (tertiary/aromatic N) is 3. The van der Waals surface area contributed by atoms with E-state index in [9.17, 15) is 9.59 Å². The number of carbonyl (C=O) groups is 2. The number of hydrogen-bond acceptors (Lipinski definition) is 4. The minimum atomic E-state index is -1.03. The number of nitrogens with one attached hydrogen (secondary N) is 1. The van der Waals surface area contributed by atoms with E-state index in [1.54, 1.807) is 6.20 Å². The van der Waals surface area contributed by atoms with Gasteiger partial charge in [-0.25, -0.2) is 4.79 Å². The predicted octanol–water partition coefficient (Wildman–Crippen LogP) is 1.90. The maximum atomic E-state index is 12.1. The van der Waals surface area contributed by atoms with Crippen molar-refractivity contribution in [3.63, 3.8) is 0 Å². The van der Waals surface area contributed by atoms with Gasteiger partial charge < -0.3 is 10.4 Å². The van der Waals surface area contributed by atoms with E-state index in [4.69, 9.17) is 5.11 Å². The molecular weight excluding hydrogens is 308 g/mol. The van der Waals surface area contributed by atoms with Crippen LogP contribution in [0.4, 0.5) is 0 Å². The number of carboxylic acids is 1. The number of amides is 1. The zero-order valence-electron chi connectivity index (χ0n) is 12.6. The molecule has 0 aliphatic carbocycles. The van der Waals surface area contributed by atoms with Crippen LogP contribution in [0.1, 0.15) is 26.4 Å². The molecule has 3 rings (SSSR count). The van der Waals surface area contributed by atoms with Crippen molar-refractivity contribution >= 4 is 11.9 Å². The Balaban J connectivity index is 1.62. The summed E-state index contributed by atoms with van der Waals surface area (Å²) >= 11 is 0. The van der Waals surface area contributed by atoms with Gasteiger partial charge in [-0.15, -0.1) is 0 Å². The molecule has 1 amide bonds. The van der Waals surface area contributed by atoms with Gasteiger partial charge in [-0.1, -0.05) is 18.2 Å². The van der Waals surface area contributed by atoms with Crippen LogP contribution in [-0.2, 0) is 6.54 Å². The third-order valence-electron chi connectivity index (χ3n) is 3.35. The highest BCUT2D eigenvalue weighted by Crippen LogP contribution is 2.06. The Hall–Kier alpha value is -3.48. The van der Waals surface area contributed by atoms with Crippen LogP contribution >= 0.6 is 0 Å². The van der Waals surface area contributed by atoms with Crippen molar-refractivity contribution in [2.75, 3.05) is 0 Å². The monoisotopic (exact) mass is 322 g/mol. The second-order valence-electron chi connectivity index (χ2n) is 5.03. The fourth-order valence-corrected chi connectivity index (χ4v) is 2.10. The first kappa shape index (κ1) is 15.4. The smallest absolute Gasteiger partial charge is 0.335 e. The Morgan fingerprint density at radius 3 is 2.33 bits per heavy atom. The number of aromatic nitrogens is 3. The van der Waals surface area contributed by atoms with Crippen molar-refractivity contribution in [3.05, 3.63) is 77.6 Å². The van der Waals surface area contributed by atoms with Crippen LogP contribution in [0.25, 0.3) is 5.69 Å². The van der Waals surface area contributed by atoms with Crippen LogP contribution in [0.2, 0.25) is 0 Å². The van der Waals surface area contributed by atoms with E-state index in [0.717, 1.165) is 5.69 Å². The number of para-hydroxylation sites is 1. The zero-order chi connectivity index (χ0) is 16.9. The number of hydrogen-bond donors (Lipinski definition) is 2. The summed E-state index contributed by atoms with van der Waals surface area (Å²) in [6.45, 7) is 0.229. The lowest BCUT2D eigenvalue weighted by molar-refractivity contribution is 0.0696. The molecule has 120 valence electrons. The van der Waals surface area contributed by atoms with E-state index in [2.05, 4.69) is 15.5 Å². The molecule has 0 fully saturated rings. The van der Waals surface area contributed by atoms with Crippen molar-refractivity contribution in [3.8, 4) is 5.69 Å². The van der Waals surface area contributed by atoms with Crippen LogP contribution in [-0.4, -0.2) is 32.0 Å². The third-order valence-corrected chi connectivity index (χ3v) is 3.35. The summed E-state index contributed by atoms with van der Waals surface area (Å²) in [5.41, 5.74) is 1.97. The second-order valence-corrected chi connectivity index (χ2v) is 5.03. The lowest BCUT2D eigenvalue weighted by Gasteiger charge is -2.03. The topological polar surface area (TPSA) is 97.1 Å². The highest BCUT2D eigenvalue weighted by atomic mass is 16.4. The SMILES string of the molecule is O=C(O)c1ccc(C(=O)NCc2cnn(-c3ccccc3)n2)cc1. The molecule has 0 radical (unpaired) electrons. The van der Waals surface area contributed by atoms with Crippen LogP contribution < -0.4 is 5.32 Å². The molecule has 7 heteroatoms. The minimum absolute atomic E-state index is 0.136. The molecule has 3 aromatic rings. The summed E-state index contributed by atoms with van der Waals surface area (Å²) in [4.78, 5) is 24.3. The molecule has 0 saturated carbocycles. The Kier molecular flexibility index (Phi) is 4.33. The average molecular weight is 322 g/mol. The van der Waals surface area contributed by atoms with Gasteiger partial charge in [-0.2, -0.15) is 15.0 Å². The quantitative estimate of drug-likeness (QED) is 0.747. The molecular formula is C17H14N4O3. The first-order valence-corrected chi connectivity index (χ1v) is 7.22. The molecule has 0 bridgehead atoms. The number of carbonyl (C=O) groups excluding carboxylic acids is 1. The van der Waals surface area contributed by atoms with Gasteiger partial charge in [0.15, 0.2) is 0 Å². The van der Waals surface area contributed by atoms with E-state index >= 15 is 0 Å². The third kappa shape index (κ3) is 3.46. The fraction of sp³-hybridized carbons (Fsp3) is 0.0588. The van der Waals surface area contributed by atoms with E-state index in [0.29, 0.717) is 11.3 Å². The molecule has 0 unspecified atom stereocenters. The Morgan fingerprint density at radius 1 is 1.00 bits per heavy atom. The summed E-state index contributed by atoms with van der Waals surface area (Å²) in [5, 5.41) is 20.0. The summed E-state index contributed by atoms with van der Waals surface area (Å²) in [6, 6.07) is 15.2. The molecule has 7 nitrogen and oxygen atoms in total. The summed E-state index contributed by atoms with van der Waals surface area (Å²) in [6.07, 6.45) is 1.58. The number of aromatic carboxylic acids is 1. The van der Waals surface area contributed by atoms with Crippen molar-refractivity contribution in [1.29, 1.82) is 0 Å². The molecule has 1 heterocycles. The lowest BCUT2D eigenvalue weighted by Crippen LogP contribution is -2.23.